The van der Waals surface area contributed by atoms with E-state index < -0.39 is 27.7 Å². The third-order valence-electron chi connectivity index (χ3n) is 2.65. The molecule has 1 aromatic carbocycles. The molecule has 0 amide bonds. The van der Waals surface area contributed by atoms with Crippen molar-refractivity contribution in [2.24, 2.45) is 0 Å². The van der Waals surface area contributed by atoms with Gasteiger partial charge in [-0.25, -0.2) is 17.6 Å². The number of nitrogens with zero attached hydrogens (tertiary/aromatic N) is 1. The van der Waals surface area contributed by atoms with Crippen molar-refractivity contribution < 1.29 is 27.1 Å². The maximum Gasteiger partial charge on any atom is 0.340 e. The molecule has 2 rings (SSSR count). The molecular weight excluding hydrogens is 277 g/mol. The Balaban J connectivity index is 2.37. The van der Waals surface area contributed by atoms with Crippen molar-refractivity contribution >= 4 is 21.7 Å². The SMILES string of the molecule is COC(=O)c1ccc(N2CCOCS2(=O)=O)cc1F. The van der Waals surface area contributed by atoms with E-state index in [1.165, 1.54) is 12.1 Å². The van der Waals surface area contributed by atoms with E-state index in [1.54, 1.807) is 0 Å². The van der Waals surface area contributed by atoms with Crippen molar-refractivity contribution in [1.29, 1.82) is 0 Å². The Kier molecular flexibility index (Phi) is 3.72. The van der Waals surface area contributed by atoms with Crippen molar-refractivity contribution in [3.8, 4) is 0 Å². The number of halogens is 1. The molecule has 19 heavy (non-hydrogen) atoms. The summed E-state index contributed by atoms with van der Waals surface area (Å²) in [6, 6.07) is 3.55. The number of sulfonamides is 1. The van der Waals surface area contributed by atoms with Crippen LogP contribution in [0.2, 0.25) is 0 Å². The van der Waals surface area contributed by atoms with Crippen LogP contribution in [0.15, 0.2) is 18.2 Å². The average molecular weight is 289 g/mol. The van der Waals surface area contributed by atoms with Gasteiger partial charge in [0.15, 0.2) is 5.94 Å². The van der Waals surface area contributed by atoms with Crippen LogP contribution in [0.25, 0.3) is 0 Å². The van der Waals surface area contributed by atoms with Gasteiger partial charge in [0.1, 0.15) is 5.82 Å². The number of carbonyl (C=O) groups excluding carboxylic acids is 1. The van der Waals surface area contributed by atoms with Crippen LogP contribution in [-0.2, 0) is 19.5 Å². The fourth-order valence-electron chi connectivity index (χ4n) is 1.74. The van der Waals surface area contributed by atoms with E-state index in [1.807, 2.05) is 0 Å². The Bertz CT molecular complexity index is 601. The molecule has 1 heterocycles. The molecule has 1 aliphatic heterocycles. The first kappa shape index (κ1) is 13.8. The van der Waals surface area contributed by atoms with E-state index in [-0.39, 0.29) is 24.4 Å². The minimum atomic E-state index is -3.60. The van der Waals surface area contributed by atoms with E-state index in [4.69, 9.17) is 4.74 Å². The number of carbonyl (C=O) groups is 1. The minimum absolute atomic E-state index is 0.110. The van der Waals surface area contributed by atoms with Crippen molar-refractivity contribution in [1.82, 2.24) is 0 Å². The topological polar surface area (TPSA) is 72.9 Å². The van der Waals surface area contributed by atoms with Gasteiger partial charge in [0.2, 0.25) is 0 Å². The molecular formula is C11H12FNO5S. The lowest BCUT2D eigenvalue weighted by atomic mass is 10.2. The first-order valence-corrected chi connectivity index (χ1v) is 7.02. The molecule has 1 saturated heterocycles. The summed E-state index contributed by atoms with van der Waals surface area (Å²) in [5.41, 5.74) is -0.0784. The van der Waals surface area contributed by atoms with Gasteiger partial charge >= 0.3 is 5.97 Å². The molecule has 0 unspecified atom stereocenters. The molecule has 1 fully saturated rings. The normalized spacial score (nSPS) is 18.1. The number of esters is 1. The molecule has 0 atom stereocenters. The molecule has 0 spiro atoms. The van der Waals surface area contributed by atoms with Crippen LogP contribution in [0, 0.1) is 5.82 Å². The smallest absolute Gasteiger partial charge is 0.340 e. The lowest BCUT2D eigenvalue weighted by Crippen LogP contribution is -2.41. The summed E-state index contributed by atoms with van der Waals surface area (Å²) < 4.78 is 47.6. The number of hydrogen-bond donors (Lipinski definition) is 0. The molecule has 0 aliphatic carbocycles. The number of benzene rings is 1. The molecule has 8 heteroatoms. The molecule has 0 saturated carbocycles. The zero-order valence-electron chi connectivity index (χ0n) is 10.1. The van der Waals surface area contributed by atoms with Gasteiger partial charge in [0, 0.05) is 0 Å². The van der Waals surface area contributed by atoms with Crippen molar-refractivity contribution in [3.05, 3.63) is 29.6 Å². The minimum Gasteiger partial charge on any atom is -0.465 e. The highest BCUT2D eigenvalue weighted by atomic mass is 32.2. The number of hydrogen-bond acceptors (Lipinski definition) is 5. The molecule has 0 radical (unpaired) electrons. The van der Waals surface area contributed by atoms with Gasteiger partial charge in [-0.05, 0) is 18.2 Å². The van der Waals surface area contributed by atoms with Crippen LogP contribution in [0.5, 0.6) is 0 Å². The van der Waals surface area contributed by atoms with Gasteiger partial charge in [-0.2, -0.15) is 0 Å². The predicted molar refractivity (Wildman–Crippen MR) is 64.8 cm³/mol. The lowest BCUT2D eigenvalue weighted by molar-refractivity contribution is 0.0595. The third-order valence-corrected chi connectivity index (χ3v) is 4.18. The van der Waals surface area contributed by atoms with Gasteiger partial charge in [0.25, 0.3) is 10.0 Å². The predicted octanol–water partition coefficient (Wildman–Crippen LogP) is 0.736. The molecule has 104 valence electrons. The Morgan fingerprint density at radius 1 is 1.47 bits per heavy atom. The second kappa shape index (κ2) is 5.14. The number of anilines is 1. The monoisotopic (exact) mass is 289 g/mol. The number of rotatable bonds is 2. The van der Waals surface area contributed by atoms with E-state index in [9.17, 15) is 17.6 Å². The second-order valence-electron chi connectivity index (χ2n) is 3.87. The fraction of sp³-hybridized carbons (Fsp3) is 0.364. The Labute approximate surface area is 109 Å². The molecule has 0 N–H and O–H groups in total. The molecule has 0 aromatic heterocycles. The summed E-state index contributed by atoms with van der Waals surface area (Å²) in [6.07, 6.45) is 0. The first-order chi connectivity index (χ1) is 8.95. The van der Waals surface area contributed by atoms with Crippen LogP contribution in [0.3, 0.4) is 0 Å². The third kappa shape index (κ3) is 2.69. The Hall–Kier alpha value is -1.67. The summed E-state index contributed by atoms with van der Waals surface area (Å²) in [5, 5.41) is 0. The summed E-state index contributed by atoms with van der Waals surface area (Å²) >= 11 is 0. The van der Waals surface area contributed by atoms with E-state index in [0.29, 0.717) is 0 Å². The van der Waals surface area contributed by atoms with Crippen LogP contribution in [0.4, 0.5) is 10.1 Å². The molecule has 6 nitrogen and oxygen atoms in total. The summed E-state index contributed by atoms with van der Waals surface area (Å²) in [4.78, 5) is 11.2. The van der Waals surface area contributed by atoms with Gasteiger partial charge in [-0.1, -0.05) is 0 Å². The Morgan fingerprint density at radius 2 is 2.21 bits per heavy atom. The van der Waals surface area contributed by atoms with E-state index in [2.05, 4.69) is 4.74 Å². The summed E-state index contributed by atoms with van der Waals surface area (Å²) in [7, 11) is -2.46. The van der Waals surface area contributed by atoms with Gasteiger partial charge < -0.3 is 9.47 Å². The quantitative estimate of drug-likeness (QED) is 0.751. The largest absolute Gasteiger partial charge is 0.465 e. The fourth-order valence-corrected chi connectivity index (χ4v) is 2.98. The summed E-state index contributed by atoms with van der Waals surface area (Å²) in [6.45, 7) is 0.346. The van der Waals surface area contributed by atoms with Gasteiger partial charge in [0.05, 0.1) is 31.5 Å². The number of ether oxygens (including phenoxy) is 2. The second-order valence-corrected chi connectivity index (χ2v) is 5.71. The highest BCUT2D eigenvalue weighted by Crippen LogP contribution is 2.23. The van der Waals surface area contributed by atoms with Crippen LogP contribution < -0.4 is 4.31 Å². The van der Waals surface area contributed by atoms with E-state index >= 15 is 0 Å². The van der Waals surface area contributed by atoms with Crippen molar-refractivity contribution in [3.63, 3.8) is 0 Å². The van der Waals surface area contributed by atoms with Crippen molar-refractivity contribution in [2.75, 3.05) is 30.5 Å². The average Bonchev–Trinajstić information content (AvgIpc) is 2.37. The van der Waals surface area contributed by atoms with Crippen LogP contribution in [0.1, 0.15) is 10.4 Å². The highest BCUT2D eigenvalue weighted by molar-refractivity contribution is 7.92. The maximum absolute atomic E-state index is 13.7. The zero-order valence-corrected chi connectivity index (χ0v) is 10.9. The lowest BCUT2D eigenvalue weighted by Gasteiger charge is -2.28. The van der Waals surface area contributed by atoms with Crippen LogP contribution >= 0.6 is 0 Å². The molecule has 0 bridgehead atoms. The molecule has 1 aromatic rings. The zero-order chi connectivity index (χ0) is 14.0. The van der Waals surface area contributed by atoms with Crippen molar-refractivity contribution in [2.45, 2.75) is 0 Å². The first-order valence-electron chi connectivity index (χ1n) is 5.42. The van der Waals surface area contributed by atoms with Gasteiger partial charge in [-0.3, -0.25) is 4.31 Å². The number of methoxy groups -OCH3 is 1. The summed E-state index contributed by atoms with van der Waals surface area (Å²) in [5.74, 6) is -2.08. The van der Waals surface area contributed by atoms with E-state index in [0.717, 1.165) is 17.5 Å². The molecule has 1 aliphatic rings. The van der Waals surface area contributed by atoms with Crippen LogP contribution in [-0.4, -0.2) is 40.6 Å². The standard InChI is InChI=1S/C11H12FNO5S/c1-17-11(14)9-3-2-8(6-10(9)12)13-4-5-18-7-19(13,15)16/h2-3,6H,4-5,7H2,1H3. The highest BCUT2D eigenvalue weighted by Gasteiger charge is 2.27. The Morgan fingerprint density at radius 3 is 2.79 bits per heavy atom. The maximum atomic E-state index is 13.7. The van der Waals surface area contributed by atoms with Gasteiger partial charge in [-0.15, -0.1) is 0 Å².